The van der Waals surface area contributed by atoms with Gasteiger partial charge in [-0.05, 0) is 22.4 Å². The van der Waals surface area contributed by atoms with Crippen LogP contribution in [0.2, 0.25) is 0 Å². The third-order valence-electron chi connectivity index (χ3n) is 2.45. The van der Waals surface area contributed by atoms with Gasteiger partial charge in [0, 0.05) is 18.6 Å². The predicted molar refractivity (Wildman–Crippen MR) is 74.2 cm³/mol. The molecule has 0 saturated carbocycles. The second kappa shape index (κ2) is 5.65. The van der Waals surface area contributed by atoms with E-state index in [9.17, 15) is 8.42 Å². The van der Waals surface area contributed by atoms with E-state index in [1.165, 1.54) is 23.1 Å². The zero-order chi connectivity index (χ0) is 14.0. The lowest BCUT2D eigenvalue weighted by molar-refractivity contribution is 0.533. The van der Waals surface area contributed by atoms with Crippen LogP contribution in [0.15, 0.2) is 21.2 Å². The van der Waals surface area contributed by atoms with Gasteiger partial charge in [-0.3, -0.25) is 0 Å². The number of rotatable bonds is 5. The predicted octanol–water partition coefficient (Wildman–Crippen LogP) is 1.46. The van der Waals surface area contributed by atoms with E-state index in [1.54, 1.807) is 6.20 Å². The normalized spacial score (nSPS) is 13.6. The molecule has 0 bridgehead atoms. The van der Waals surface area contributed by atoms with Gasteiger partial charge in [0.25, 0.3) is 10.0 Å². The highest BCUT2D eigenvalue weighted by atomic mass is 79.9. The number of halogens is 1. The van der Waals surface area contributed by atoms with Crippen LogP contribution in [0.1, 0.15) is 24.4 Å². The molecule has 1 atom stereocenters. The van der Waals surface area contributed by atoms with Gasteiger partial charge in [0.1, 0.15) is 5.01 Å². The Morgan fingerprint density at radius 1 is 1.58 bits per heavy atom. The van der Waals surface area contributed by atoms with E-state index in [-0.39, 0.29) is 15.7 Å². The first-order valence-corrected chi connectivity index (χ1v) is 8.58. The molecule has 0 aromatic carbocycles. The van der Waals surface area contributed by atoms with Crippen LogP contribution < -0.4 is 4.72 Å². The van der Waals surface area contributed by atoms with Crippen LogP contribution in [-0.4, -0.2) is 28.4 Å². The quantitative estimate of drug-likeness (QED) is 0.866. The Hall–Kier alpha value is -0.840. The summed E-state index contributed by atoms with van der Waals surface area (Å²) in [6.45, 7) is 1.89. The third kappa shape index (κ3) is 3.02. The summed E-state index contributed by atoms with van der Waals surface area (Å²) in [6, 6.07) is -0.355. The van der Waals surface area contributed by atoms with Crippen molar-refractivity contribution < 1.29 is 8.42 Å². The molecule has 104 valence electrons. The number of hydrogen-bond acceptors (Lipinski definition) is 6. The van der Waals surface area contributed by atoms with E-state index in [2.05, 4.69) is 35.9 Å². The maximum atomic E-state index is 12.3. The van der Waals surface area contributed by atoms with Crippen molar-refractivity contribution in [2.24, 2.45) is 7.05 Å². The third-order valence-corrected chi connectivity index (χ3v) is 5.69. The molecule has 10 heteroatoms. The molecule has 0 amide bonds. The molecule has 0 aliphatic carbocycles. The van der Waals surface area contributed by atoms with E-state index in [0.717, 1.165) is 5.01 Å². The minimum Gasteiger partial charge on any atom is -0.248 e. The summed E-state index contributed by atoms with van der Waals surface area (Å²) in [4.78, 5) is 4.14. The minimum absolute atomic E-state index is 0.00232. The van der Waals surface area contributed by atoms with Gasteiger partial charge >= 0.3 is 0 Å². The molecule has 0 spiro atoms. The van der Waals surface area contributed by atoms with Gasteiger partial charge in [-0.2, -0.15) is 4.72 Å². The van der Waals surface area contributed by atoms with Gasteiger partial charge in [0.2, 0.25) is 5.03 Å². The molecule has 19 heavy (non-hydrogen) atoms. The van der Waals surface area contributed by atoms with Gasteiger partial charge < -0.3 is 0 Å². The lowest BCUT2D eigenvalue weighted by Gasteiger charge is -2.14. The molecule has 2 rings (SSSR count). The maximum absolute atomic E-state index is 12.3. The number of aryl methyl sites for hydroxylation is 1. The molecule has 2 aromatic rings. The first-order chi connectivity index (χ1) is 8.95. The molecule has 0 aliphatic heterocycles. The highest BCUT2D eigenvalue weighted by Gasteiger charge is 2.27. The molecule has 1 N–H and O–H groups in total. The van der Waals surface area contributed by atoms with Crippen molar-refractivity contribution in [3.05, 3.63) is 21.2 Å². The van der Waals surface area contributed by atoms with Crippen LogP contribution in [0.4, 0.5) is 0 Å². The average Bonchev–Trinajstić information content (AvgIpc) is 2.96. The van der Waals surface area contributed by atoms with E-state index in [4.69, 9.17) is 0 Å². The molecule has 0 radical (unpaired) electrons. The van der Waals surface area contributed by atoms with E-state index < -0.39 is 10.0 Å². The topological polar surface area (TPSA) is 89.8 Å². The van der Waals surface area contributed by atoms with Crippen LogP contribution in [0.5, 0.6) is 0 Å². The van der Waals surface area contributed by atoms with Crippen LogP contribution in [0, 0.1) is 0 Å². The van der Waals surface area contributed by atoms with Gasteiger partial charge in [-0.1, -0.05) is 12.1 Å². The summed E-state index contributed by atoms with van der Waals surface area (Å²) in [7, 11) is -2.18. The monoisotopic (exact) mass is 365 g/mol. The molecule has 1 unspecified atom stereocenters. The number of nitrogens with zero attached hydrogens (tertiary/aromatic N) is 4. The van der Waals surface area contributed by atoms with Crippen molar-refractivity contribution in [1.82, 2.24) is 24.7 Å². The Morgan fingerprint density at radius 3 is 2.79 bits per heavy atom. The Balaban J connectivity index is 2.31. The minimum atomic E-state index is -3.71. The molecule has 2 heterocycles. The Morgan fingerprint density at radius 2 is 2.32 bits per heavy atom. The van der Waals surface area contributed by atoms with Crippen molar-refractivity contribution in [3.63, 3.8) is 0 Å². The summed E-state index contributed by atoms with van der Waals surface area (Å²) in [6.07, 6.45) is 2.26. The largest absolute Gasteiger partial charge is 0.261 e. The fourth-order valence-electron chi connectivity index (χ4n) is 1.57. The van der Waals surface area contributed by atoms with Gasteiger partial charge in [0.15, 0.2) is 4.60 Å². The molecule has 2 aromatic heterocycles. The van der Waals surface area contributed by atoms with Crippen molar-refractivity contribution in [2.75, 3.05) is 0 Å². The summed E-state index contributed by atoms with van der Waals surface area (Å²) in [5.41, 5.74) is 0. The zero-order valence-electron chi connectivity index (χ0n) is 10.2. The summed E-state index contributed by atoms with van der Waals surface area (Å²) in [5, 5.41) is 9.89. The summed E-state index contributed by atoms with van der Waals surface area (Å²) < 4.78 is 28.7. The second-order valence-electron chi connectivity index (χ2n) is 3.76. The molecule has 0 fully saturated rings. The smallest absolute Gasteiger partial charge is 0.248 e. The first-order valence-electron chi connectivity index (χ1n) is 5.42. The molecule has 0 saturated heterocycles. The number of nitrogens with one attached hydrogen (secondary N) is 1. The van der Waals surface area contributed by atoms with Gasteiger partial charge in [0.05, 0.1) is 6.04 Å². The Kier molecular flexibility index (Phi) is 4.33. The van der Waals surface area contributed by atoms with Crippen molar-refractivity contribution in [2.45, 2.75) is 24.4 Å². The first kappa shape index (κ1) is 14.6. The molecular formula is C9H12BrN5O2S2. The zero-order valence-corrected chi connectivity index (χ0v) is 13.5. The molecule has 0 aliphatic rings. The Labute approximate surface area is 123 Å². The number of sulfonamides is 1. The standard InChI is InChI=1S/C9H12BrN5O2S2/c1-3-6(8-11-4-5-18-8)13-19(16,17)9-7(10)12-14-15(9)2/h4-6,13H,3H2,1-2H3. The highest BCUT2D eigenvalue weighted by molar-refractivity contribution is 9.10. The van der Waals surface area contributed by atoms with E-state index in [1.807, 2.05) is 12.3 Å². The van der Waals surface area contributed by atoms with E-state index in [0.29, 0.717) is 6.42 Å². The Bertz CT molecular complexity index is 633. The van der Waals surface area contributed by atoms with Crippen LogP contribution in [0.25, 0.3) is 0 Å². The lowest BCUT2D eigenvalue weighted by atomic mass is 10.3. The van der Waals surface area contributed by atoms with E-state index >= 15 is 0 Å². The molecular weight excluding hydrogens is 354 g/mol. The number of aromatic nitrogens is 4. The van der Waals surface area contributed by atoms with Gasteiger partial charge in [-0.25, -0.2) is 18.1 Å². The number of hydrogen-bond donors (Lipinski definition) is 1. The van der Waals surface area contributed by atoms with Crippen LogP contribution in [-0.2, 0) is 17.1 Å². The SMILES string of the molecule is CCC(NS(=O)(=O)c1c(Br)nnn1C)c1nccs1. The lowest BCUT2D eigenvalue weighted by Crippen LogP contribution is -2.30. The summed E-state index contributed by atoms with van der Waals surface area (Å²) in [5.74, 6) is 0. The van der Waals surface area contributed by atoms with Gasteiger partial charge in [-0.15, -0.1) is 16.4 Å². The average molecular weight is 366 g/mol. The van der Waals surface area contributed by atoms with Crippen molar-refractivity contribution >= 4 is 37.3 Å². The van der Waals surface area contributed by atoms with Crippen LogP contribution in [0.3, 0.4) is 0 Å². The molecule has 7 nitrogen and oxygen atoms in total. The van der Waals surface area contributed by atoms with Crippen molar-refractivity contribution in [1.29, 1.82) is 0 Å². The fourth-order valence-corrected chi connectivity index (χ4v) is 4.79. The number of thiazole rings is 1. The summed E-state index contributed by atoms with van der Waals surface area (Å²) >= 11 is 4.50. The second-order valence-corrected chi connectivity index (χ2v) is 7.07. The van der Waals surface area contributed by atoms with Crippen LogP contribution >= 0.6 is 27.3 Å². The van der Waals surface area contributed by atoms with Crippen molar-refractivity contribution in [3.8, 4) is 0 Å². The fraction of sp³-hybridized carbons (Fsp3) is 0.444. The maximum Gasteiger partial charge on any atom is 0.261 e. The highest BCUT2D eigenvalue weighted by Crippen LogP contribution is 2.24.